The molecule has 0 aromatic heterocycles. The molecule has 2 amide bonds. The van der Waals surface area contributed by atoms with E-state index in [0.29, 0.717) is 36.7 Å². The molecule has 2 aromatic rings. The molecule has 0 radical (unpaired) electrons. The van der Waals surface area contributed by atoms with Crippen molar-refractivity contribution >= 4 is 23.2 Å². The number of anilines is 2. The molecule has 0 saturated carbocycles. The average molecular weight is 382 g/mol. The van der Waals surface area contributed by atoms with Crippen LogP contribution in [0.15, 0.2) is 42.5 Å². The van der Waals surface area contributed by atoms with E-state index in [9.17, 15) is 9.59 Å². The van der Waals surface area contributed by atoms with Crippen molar-refractivity contribution in [2.24, 2.45) is 5.92 Å². The summed E-state index contributed by atoms with van der Waals surface area (Å²) in [5, 5.41) is 2.87. The molecule has 1 N–H and O–H groups in total. The number of nitrogens with one attached hydrogen (secondary N) is 1. The van der Waals surface area contributed by atoms with E-state index in [1.54, 1.807) is 23.1 Å². The summed E-state index contributed by atoms with van der Waals surface area (Å²) in [6, 6.07) is 13.1. The third-order valence-corrected chi connectivity index (χ3v) is 4.35. The predicted octanol–water partition coefficient (Wildman–Crippen LogP) is 3.78. The minimum absolute atomic E-state index is 0.0269. The van der Waals surface area contributed by atoms with Gasteiger partial charge in [0.15, 0.2) is 6.61 Å². The van der Waals surface area contributed by atoms with Gasteiger partial charge in [0.25, 0.3) is 5.91 Å². The Morgan fingerprint density at radius 1 is 1.25 bits per heavy atom. The Bertz CT molecular complexity index is 863. The number of carbonyl (C=O) groups excluding carboxylic acids is 2. The molecule has 0 bridgehead atoms. The molecule has 148 valence electrons. The maximum absolute atomic E-state index is 12.3. The van der Waals surface area contributed by atoms with E-state index in [4.69, 9.17) is 9.47 Å². The lowest BCUT2D eigenvalue weighted by molar-refractivity contribution is -0.121. The van der Waals surface area contributed by atoms with Crippen LogP contribution in [0.3, 0.4) is 0 Å². The Morgan fingerprint density at radius 3 is 2.82 bits per heavy atom. The first-order chi connectivity index (χ1) is 13.4. The highest BCUT2D eigenvalue weighted by atomic mass is 16.5. The molecule has 0 aliphatic carbocycles. The van der Waals surface area contributed by atoms with Gasteiger partial charge in [0, 0.05) is 18.2 Å². The van der Waals surface area contributed by atoms with Crippen molar-refractivity contribution in [2.75, 3.05) is 30.0 Å². The summed E-state index contributed by atoms with van der Waals surface area (Å²) in [5.41, 5.74) is 2.47. The third kappa shape index (κ3) is 5.03. The zero-order chi connectivity index (χ0) is 20.1. The Labute approximate surface area is 165 Å². The lowest BCUT2D eigenvalue weighted by Gasteiger charge is -2.29. The Kier molecular flexibility index (Phi) is 6.19. The van der Waals surface area contributed by atoms with Crippen molar-refractivity contribution in [3.8, 4) is 11.5 Å². The number of aryl methyl sites for hydroxylation is 1. The van der Waals surface area contributed by atoms with Crippen molar-refractivity contribution < 1.29 is 19.1 Å². The van der Waals surface area contributed by atoms with Crippen molar-refractivity contribution in [1.82, 2.24) is 0 Å². The number of hydrogen-bond acceptors (Lipinski definition) is 4. The van der Waals surface area contributed by atoms with E-state index in [1.807, 2.05) is 45.0 Å². The molecule has 6 heteroatoms. The van der Waals surface area contributed by atoms with Gasteiger partial charge in [0.2, 0.25) is 5.91 Å². The van der Waals surface area contributed by atoms with E-state index in [0.717, 1.165) is 11.3 Å². The van der Waals surface area contributed by atoms with Crippen LogP contribution in [0.25, 0.3) is 0 Å². The lowest BCUT2D eigenvalue weighted by atomic mass is 10.1. The number of ether oxygens (including phenoxy) is 2. The largest absolute Gasteiger partial charge is 0.492 e. The van der Waals surface area contributed by atoms with Gasteiger partial charge in [0.05, 0.1) is 12.2 Å². The van der Waals surface area contributed by atoms with Crippen LogP contribution in [0.5, 0.6) is 11.5 Å². The fraction of sp³-hybridized carbons (Fsp3) is 0.364. The summed E-state index contributed by atoms with van der Waals surface area (Å²) in [4.78, 5) is 25.9. The Hall–Kier alpha value is -3.02. The lowest BCUT2D eigenvalue weighted by Crippen LogP contribution is -2.41. The van der Waals surface area contributed by atoms with E-state index >= 15 is 0 Å². The number of carbonyl (C=O) groups is 2. The molecule has 28 heavy (non-hydrogen) atoms. The maximum atomic E-state index is 12.3. The zero-order valence-electron chi connectivity index (χ0n) is 16.5. The van der Waals surface area contributed by atoms with Crippen LogP contribution >= 0.6 is 0 Å². The molecular weight excluding hydrogens is 356 g/mol. The summed E-state index contributed by atoms with van der Waals surface area (Å²) in [5.74, 6) is 1.50. The van der Waals surface area contributed by atoms with Gasteiger partial charge in [0.1, 0.15) is 18.1 Å². The third-order valence-electron chi connectivity index (χ3n) is 4.35. The molecule has 2 aromatic carbocycles. The molecule has 0 fully saturated rings. The van der Waals surface area contributed by atoms with Crippen LogP contribution in [-0.2, 0) is 9.59 Å². The van der Waals surface area contributed by atoms with Crippen LogP contribution in [0.4, 0.5) is 11.4 Å². The number of rotatable bonds is 7. The highest BCUT2D eigenvalue weighted by Gasteiger charge is 2.25. The van der Waals surface area contributed by atoms with Gasteiger partial charge in [-0.15, -0.1) is 0 Å². The van der Waals surface area contributed by atoms with E-state index in [2.05, 4.69) is 5.32 Å². The standard InChI is InChI=1S/C22H26N2O4/c1-15(2)11-21(25)23-17-7-8-19-20(13-17)28-14-22(26)24(19)9-10-27-18-6-4-5-16(3)12-18/h4-8,12-13,15H,9-11,14H2,1-3H3,(H,23,25). The van der Waals surface area contributed by atoms with Crippen LogP contribution in [-0.4, -0.2) is 31.6 Å². The minimum atomic E-state index is -0.114. The average Bonchev–Trinajstić information content (AvgIpc) is 2.63. The first-order valence-corrected chi connectivity index (χ1v) is 9.49. The number of amides is 2. The van der Waals surface area contributed by atoms with Gasteiger partial charge in [-0.3, -0.25) is 9.59 Å². The monoisotopic (exact) mass is 382 g/mol. The van der Waals surface area contributed by atoms with Crippen LogP contribution in [0, 0.1) is 12.8 Å². The van der Waals surface area contributed by atoms with Gasteiger partial charge in [-0.2, -0.15) is 0 Å². The number of benzene rings is 2. The number of nitrogens with zero attached hydrogens (tertiary/aromatic N) is 1. The van der Waals surface area contributed by atoms with E-state index in [-0.39, 0.29) is 24.3 Å². The molecule has 1 aliphatic heterocycles. The van der Waals surface area contributed by atoms with Crippen molar-refractivity contribution in [3.63, 3.8) is 0 Å². The molecule has 3 rings (SSSR count). The Morgan fingerprint density at radius 2 is 2.07 bits per heavy atom. The molecule has 1 aliphatic rings. The highest BCUT2D eigenvalue weighted by Crippen LogP contribution is 2.34. The number of fused-ring (bicyclic) bond motifs is 1. The summed E-state index contributed by atoms with van der Waals surface area (Å²) >= 11 is 0. The van der Waals surface area contributed by atoms with Crippen molar-refractivity contribution in [1.29, 1.82) is 0 Å². The van der Waals surface area contributed by atoms with Crippen molar-refractivity contribution in [3.05, 3.63) is 48.0 Å². The topological polar surface area (TPSA) is 67.9 Å². The summed E-state index contributed by atoms with van der Waals surface area (Å²) < 4.78 is 11.3. The normalized spacial score (nSPS) is 13.1. The molecule has 0 saturated heterocycles. The van der Waals surface area contributed by atoms with E-state index < -0.39 is 0 Å². The summed E-state index contributed by atoms with van der Waals surface area (Å²) in [6.45, 7) is 6.77. The second-order valence-electron chi connectivity index (χ2n) is 7.33. The fourth-order valence-corrected chi connectivity index (χ4v) is 3.07. The summed E-state index contributed by atoms with van der Waals surface area (Å²) in [7, 11) is 0. The van der Waals surface area contributed by atoms with Gasteiger partial charge < -0.3 is 19.7 Å². The SMILES string of the molecule is Cc1cccc(OCCN2C(=O)COc3cc(NC(=O)CC(C)C)ccc32)c1. The summed E-state index contributed by atoms with van der Waals surface area (Å²) in [6.07, 6.45) is 0.457. The molecule has 1 heterocycles. The molecule has 0 unspecified atom stereocenters. The van der Waals surface area contributed by atoms with Crippen molar-refractivity contribution in [2.45, 2.75) is 27.2 Å². The molecular formula is C22H26N2O4. The van der Waals surface area contributed by atoms with Gasteiger partial charge in [-0.05, 0) is 42.7 Å². The second-order valence-corrected chi connectivity index (χ2v) is 7.33. The predicted molar refractivity (Wildman–Crippen MR) is 109 cm³/mol. The van der Waals surface area contributed by atoms with Crippen LogP contribution < -0.4 is 19.7 Å². The first-order valence-electron chi connectivity index (χ1n) is 9.49. The smallest absolute Gasteiger partial charge is 0.265 e. The van der Waals surface area contributed by atoms with E-state index in [1.165, 1.54) is 0 Å². The van der Waals surface area contributed by atoms with Crippen LogP contribution in [0.1, 0.15) is 25.8 Å². The zero-order valence-corrected chi connectivity index (χ0v) is 16.5. The second kappa shape index (κ2) is 8.78. The molecule has 0 atom stereocenters. The van der Waals surface area contributed by atoms with Crippen LogP contribution in [0.2, 0.25) is 0 Å². The number of hydrogen-bond donors (Lipinski definition) is 1. The maximum Gasteiger partial charge on any atom is 0.265 e. The van der Waals surface area contributed by atoms with Gasteiger partial charge >= 0.3 is 0 Å². The fourth-order valence-electron chi connectivity index (χ4n) is 3.07. The first kappa shape index (κ1) is 19.7. The quantitative estimate of drug-likeness (QED) is 0.791. The van der Waals surface area contributed by atoms with Gasteiger partial charge in [-0.25, -0.2) is 0 Å². The highest BCUT2D eigenvalue weighted by molar-refractivity contribution is 5.99. The van der Waals surface area contributed by atoms with Gasteiger partial charge in [-0.1, -0.05) is 26.0 Å². The molecule has 6 nitrogen and oxygen atoms in total. The minimum Gasteiger partial charge on any atom is -0.492 e. The Balaban J connectivity index is 1.65. The molecule has 0 spiro atoms.